The molecule has 3 aromatic carbocycles. The topological polar surface area (TPSA) is 134 Å². The third-order valence-corrected chi connectivity index (χ3v) is 5.90. The van der Waals surface area contributed by atoms with Crippen LogP contribution in [0.2, 0.25) is 0 Å². The average molecular weight is 592 g/mol. The number of halogens is 6. The van der Waals surface area contributed by atoms with Crippen molar-refractivity contribution in [2.24, 2.45) is 5.73 Å². The van der Waals surface area contributed by atoms with E-state index in [1.54, 1.807) is 24.3 Å². The number of aliphatic carboxylic acids is 1. The third-order valence-electron chi connectivity index (χ3n) is 5.90. The number of nitrogen functional groups attached to an aromatic ring is 1. The van der Waals surface area contributed by atoms with E-state index in [1.807, 2.05) is 0 Å². The second-order valence-electron chi connectivity index (χ2n) is 9.00. The molecule has 5 N–H and O–H groups in total. The van der Waals surface area contributed by atoms with E-state index in [0.29, 0.717) is 11.1 Å². The smallest absolute Gasteiger partial charge is 0.480 e. The highest BCUT2D eigenvalue weighted by Crippen LogP contribution is 2.42. The van der Waals surface area contributed by atoms with Crippen LogP contribution in [0.25, 0.3) is 22.4 Å². The van der Waals surface area contributed by atoms with Crippen molar-refractivity contribution in [3.63, 3.8) is 0 Å². The molecular weight excluding hydrogens is 570 g/mol. The fourth-order valence-corrected chi connectivity index (χ4v) is 4.08. The summed E-state index contributed by atoms with van der Waals surface area (Å²) in [7, 11) is 0. The van der Waals surface area contributed by atoms with E-state index < -0.39 is 47.8 Å². The van der Waals surface area contributed by atoms with Crippen molar-refractivity contribution in [1.82, 2.24) is 9.97 Å². The van der Waals surface area contributed by atoms with Crippen LogP contribution in [0.1, 0.15) is 17.2 Å². The molecule has 8 nitrogen and oxygen atoms in total. The molecule has 42 heavy (non-hydrogen) atoms. The quantitative estimate of drug-likeness (QED) is 0.204. The van der Waals surface area contributed by atoms with E-state index in [4.69, 9.17) is 21.3 Å². The summed E-state index contributed by atoms with van der Waals surface area (Å²) in [5, 5.41) is 8.99. The number of aromatic nitrogens is 2. The first-order chi connectivity index (χ1) is 19.7. The highest BCUT2D eigenvalue weighted by atomic mass is 19.4. The van der Waals surface area contributed by atoms with Crippen LogP contribution in [-0.2, 0) is 11.2 Å². The second kappa shape index (κ2) is 11.9. The maximum absolute atomic E-state index is 14.4. The van der Waals surface area contributed by atoms with E-state index >= 15 is 0 Å². The van der Waals surface area contributed by atoms with Gasteiger partial charge in [0, 0.05) is 17.2 Å². The van der Waals surface area contributed by atoms with Gasteiger partial charge in [0.05, 0.1) is 5.69 Å². The minimum absolute atomic E-state index is 0.0239. The Morgan fingerprint density at radius 3 is 2.21 bits per heavy atom. The molecular formula is C28H22F6N4O4. The molecule has 1 unspecified atom stereocenters. The predicted octanol–water partition coefficient (Wildman–Crippen LogP) is 5.93. The van der Waals surface area contributed by atoms with Gasteiger partial charge in [0.15, 0.2) is 0 Å². The van der Waals surface area contributed by atoms with E-state index in [-0.39, 0.29) is 29.2 Å². The molecule has 0 aliphatic heterocycles. The number of alkyl halides is 6. The number of carboxylic acid groups (broad SMARTS) is 1. The summed E-state index contributed by atoms with van der Waals surface area (Å²) in [6.45, 7) is 0. The summed E-state index contributed by atoms with van der Waals surface area (Å²) >= 11 is 0. The summed E-state index contributed by atoms with van der Waals surface area (Å²) < 4.78 is 90.6. The monoisotopic (exact) mass is 592 g/mol. The molecule has 0 fully saturated rings. The molecule has 2 atom stereocenters. The molecule has 0 spiro atoms. The summed E-state index contributed by atoms with van der Waals surface area (Å²) in [6, 6.07) is 16.1. The van der Waals surface area contributed by atoms with Crippen molar-refractivity contribution in [3.05, 3.63) is 90.0 Å². The van der Waals surface area contributed by atoms with E-state index in [9.17, 15) is 31.1 Å². The zero-order valence-corrected chi connectivity index (χ0v) is 21.4. The van der Waals surface area contributed by atoms with Gasteiger partial charge in [-0.2, -0.15) is 18.2 Å². The summed E-state index contributed by atoms with van der Waals surface area (Å²) in [5.41, 5.74) is 12.0. The van der Waals surface area contributed by atoms with Crippen molar-refractivity contribution < 1.29 is 45.7 Å². The Balaban J connectivity index is 1.68. The number of hydrogen-bond acceptors (Lipinski definition) is 7. The van der Waals surface area contributed by atoms with E-state index in [2.05, 4.69) is 14.7 Å². The van der Waals surface area contributed by atoms with Crippen molar-refractivity contribution in [2.75, 3.05) is 5.73 Å². The van der Waals surface area contributed by atoms with Crippen molar-refractivity contribution in [1.29, 1.82) is 0 Å². The molecule has 0 bridgehead atoms. The van der Waals surface area contributed by atoms with Crippen LogP contribution in [0.4, 0.5) is 32.3 Å². The first kappa shape index (κ1) is 30.1. The fraction of sp³-hybridized carbons (Fsp3) is 0.179. The number of ether oxygens (including phenoxy) is 2. The Morgan fingerprint density at radius 1 is 0.881 bits per heavy atom. The fourth-order valence-electron chi connectivity index (χ4n) is 4.08. The Hall–Kier alpha value is -4.85. The highest BCUT2D eigenvalue weighted by Gasteiger charge is 2.44. The van der Waals surface area contributed by atoms with Crippen LogP contribution in [0.15, 0.2) is 78.9 Å². The number of benzene rings is 3. The SMILES string of the molecule is Nc1nc(OC(c2ccccc2-c2cccc(OC(F)(F)F)c2)C(F)(F)F)cc(-c2ccc(C[C@H](N)C(=O)O)cc2)n1. The van der Waals surface area contributed by atoms with Crippen molar-refractivity contribution in [2.45, 2.75) is 31.1 Å². The van der Waals surface area contributed by atoms with Crippen LogP contribution in [0.3, 0.4) is 0 Å². The van der Waals surface area contributed by atoms with Gasteiger partial charge < -0.3 is 26.0 Å². The van der Waals surface area contributed by atoms with Gasteiger partial charge in [0.2, 0.25) is 17.9 Å². The number of nitrogens with two attached hydrogens (primary N) is 2. The lowest BCUT2D eigenvalue weighted by atomic mass is 9.95. The van der Waals surface area contributed by atoms with Gasteiger partial charge in [-0.25, -0.2) is 4.98 Å². The summed E-state index contributed by atoms with van der Waals surface area (Å²) in [4.78, 5) is 18.8. The van der Waals surface area contributed by atoms with E-state index in [1.165, 1.54) is 30.3 Å². The van der Waals surface area contributed by atoms with Crippen LogP contribution in [-0.4, -0.2) is 39.6 Å². The number of rotatable bonds is 9. The standard InChI is InChI=1S/C28H22F6N4O4/c29-27(30,31)24(20-7-2-1-6-19(20)17-4-3-5-18(13-17)42-28(32,33)34)41-23-14-22(37-26(36)38-23)16-10-8-15(9-11-16)12-21(35)25(39)40/h1-11,13-14,21,24H,12,35H2,(H,39,40)(H2,36,37,38)/t21-,24?/m0/s1. The number of carboxylic acids is 1. The number of hydrogen-bond donors (Lipinski definition) is 3. The van der Waals surface area contributed by atoms with Gasteiger partial charge in [0.25, 0.3) is 0 Å². The normalized spacial score (nSPS) is 13.3. The molecule has 14 heteroatoms. The van der Waals surface area contributed by atoms with Gasteiger partial charge in [-0.3, -0.25) is 4.79 Å². The molecule has 0 aliphatic carbocycles. The lowest BCUT2D eigenvalue weighted by molar-refractivity contribution is -0.274. The van der Waals surface area contributed by atoms with Gasteiger partial charge in [0.1, 0.15) is 11.8 Å². The molecule has 0 saturated carbocycles. The molecule has 0 aliphatic rings. The first-order valence-corrected chi connectivity index (χ1v) is 12.1. The van der Waals surface area contributed by atoms with Crippen molar-refractivity contribution >= 4 is 11.9 Å². The molecule has 0 saturated heterocycles. The largest absolute Gasteiger partial charge is 0.573 e. The first-order valence-electron chi connectivity index (χ1n) is 12.1. The Kier molecular flexibility index (Phi) is 8.56. The summed E-state index contributed by atoms with van der Waals surface area (Å²) in [6.07, 6.45) is -12.5. The molecule has 4 rings (SSSR count). The minimum atomic E-state index is -4.99. The maximum Gasteiger partial charge on any atom is 0.573 e. The van der Waals surface area contributed by atoms with Gasteiger partial charge in [-0.05, 0) is 35.2 Å². The maximum atomic E-state index is 14.4. The molecule has 0 amide bonds. The Labute approximate surface area is 234 Å². The Morgan fingerprint density at radius 2 is 1.57 bits per heavy atom. The van der Waals surface area contributed by atoms with Gasteiger partial charge >= 0.3 is 18.5 Å². The zero-order valence-electron chi connectivity index (χ0n) is 21.4. The number of anilines is 1. The molecule has 1 heterocycles. The lowest BCUT2D eigenvalue weighted by Crippen LogP contribution is -2.32. The lowest BCUT2D eigenvalue weighted by Gasteiger charge is -2.24. The van der Waals surface area contributed by atoms with Crippen LogP contribution in [0.5, 0.6) is 11.6 Å². The number of nitrogens with zero attached hydrogens (tertiary/aromatic N) is 2. The van der Waals surface area contributed by atoms with Crippen LogP contribution >= 0.6 is 0 Å². The van der Waals surface area contributed by atoms with Gasteiger partial charge in [-0.15, -0.1) is 13.2 Å². The van der Waals surface area contributed by atoms with Crippen LogP contribution in [0, 0.1) is 0 Å². The number of carbonyl (C=O) groups is 1. The van der Waals surface area contributed by atoms with Crippen molar-refractivity contribution in [3.8, 4) is 34.0 Å². The predicted molar refractivity (Wildman–Crippen MR) is 139 cm³/mol. The highest BCUT2D eigenvalue weighted by molar-refractivity contribution is 5.73. The third kappa shape index (κ3) is 7.66. The molecule has 4 aromatic rings. The van der Waals surface area contributed by atoms with E-state index in [0.717, 1.165) is 24.3 Å². The summed E-state index contributed by atoms with van der Waals surface area (Å²) in [5.74, 6) is -2.68. The van der Waals surface area contributed by atoms with Gasteiger partial charge in [-0.1, -0.05) is 60.7 Å². The average Bonchev–Trinajstić information content (AvgIpc) is 2.90. The molecule has 220 valence electrons. The second-order valence-corrected chi connectivity index (χ2v) is 9.00. The minimum Gasteiger partial charge on any atom is -0.480 e. The zero-order chi connectivity index (χ0) is 30.7. The Bertz CT molecular complexity index is 1560. The van der Waals surface area contributed by atoms with Crippen LogP contribution < -0.4 is 20.9 Å². The molecule has 0 radical (unpaired) electrons. The molecule has 1 aromatic heterocycles.